The molecule has 1 N–H and O–H groups in total. The minimum absolute atomic E-state index is 0.0102. The number of hydrogen-bond donors (Lipinski definition) is 1. The third kappa shape index (κ3) is 7.66. The number of anilines is 1. The molecule has 0 aliphatic carbocycles. The predicted octanol–water partition coefficient (Wildman–Crippen LogP) is 6.17. The fourth-order valence-corrected chi connectivity index (χ4v) is 5.84. The van der Waals surface area contributed by atoms with E-state index in [9.17, 15) is 18.0 Å². The number of benzene rings is 3. The van der Waals surface area contributed by atoms with Crippen molar-refractivity contribution < 1.29 is 18.0 Å². The summed E-state index contributed by atoms with van der Waals surface area (Å²) in [5, 5.41) is 3.93. The molecule has 0 saturated carbocycles. The molecular formula is C28H30Cl3N3O4S. The van der Waals surface area contributed by atoms with Gasteiger partial charge in [-0.15, -0.1) is 0 Å². The lowest BCUT2D eigenvalue weighted by atomic mass is 10.1. The number of sulfonamides is 1. The maximum Gasteiger partial charge on any atom is 0.264 e. The lowest BCUT2D eigenvalue weighted by Gasteiger charge is -2.32. The Labute approximate surface area is 244 Å². The molecule has 0 fully saturated rings. The quantitative estimate of drug-likeness (QED) is 0.281. The monoisotopic (exact) mass is 609 g/mol. The summed E-state index contributed by atoms with van der Waals surface area (Å²) in [6.45, 7) is 4.68. The van der Waals surface area contributed by atoms with Crippen molar-refractivity contribution in [1.29, 1.82) is 0 Å². The second kappa shape index (κ2) is 13.5. The van der Waals surface area contributed by atoms with Gasteiger partial charge in [0.2, 0.25) is 11.8 Å². The van der Waals surface area contributed by atoms with Crippen LogP contribution in [0.2, 0.25) is 15.1 Å². The van der Waals surface area contributed by atoms with Gasteiger partial charge in [0.05, 0.1) is 10.6 Å². The van der Waals surface area contributed by atoms with Gasteiger partial charge in [0.15, 0.2) is 0 Å². The first-order valence-corrected chi connectivity index (χ1v) is 14.9. The smallest absolute Gasteiger partial charge is 0.264 e. The summed E-state index contributed by atoms with van der Waals surface area (Å²) >= 11 is 18.8. The molecule has 0 spiro atoms. The lowest BCUT2D eigenvalue weighted by Crippen LogP contribution is -2.52. The maximum absolute atomic E-state index is 13.9. The van der Waals surface area contributed by atoms with Gasteiger partial charge in [0, 0.05) is 33.2 Å². The van der Waals surface area contributed by atoms with E-state index in [-0.39, 0.29) is 29.1 Å². The number of hydrogen-bond acceptors (Lipinski definition) is 4. The Morgan fingerprint density at radius 1 is 0.872 bits per heavy atom. The van der Waals surface area contributed by atoms with Crippen molar-refractivity contribution >= 4 is 62.3 Å². The summed E-state index contributed by atoms with van der Waals surface area (Å²) in [6, 6.07) is 17.8. The van der Waals surface area contributed by atoms with Crippen molar-refractivity contribution in [2.45, 2.75) is 50.7 Å². The van der Waals surface area contributed by atoms with E-state index in [0.29, 0.717) is 27.1 Å². The third-order valence-electron chi connectivity index (χ3n) is 6.28. The molecule has 2 unspecified atom stereocenters. The first-order valence-electron chi connectivity index (χ1n) is 12.3. The van der Waals surface area contributed by atoms with Gasteiger partial charge in [-0.05, 0) is 68.8 Å². The summed E-state index contributed by atoms with van der Waals surface area (Å²) in [5.74, 6) is -1.00. The largest absolute Gasteiger partial charge is 0.352 e. The summed E-state index contributed by atoms with van der Waals surface area (Å²) in [6.07, 6.45) is 0.697. The Morgan fingerprint density at radius 3 is 2.03 bits per heavy atom. The fraction of sp³-hybridized carbons (Fsp3) is 0.286. The standard InChI is InChI=1S/C28H30Cl3N3O4S/c1-4-19(2)32-28(36)20(3)33(17-24-25(30)11-8-12-26(24)31)27(35)18-34(22-15-13-21(29)14-16-22)39(37,38)23-9-6-5-7-10-23/h5-16,19-20H,4,17-18H2,1-3H3,(H,32,36). The van der Waals surface area contributed by atoms with Crippen LogP contribution >= 0.6 is 34.8 Å². The normalized spacial score (nSPS) is 12.9. The summed E-state index contributed by atoms with van der Waals surface area (Å²) < 4.78 is 28.5. The van der Waals surface area contributed by atoms with Crippen LogP contribution in [0.5, 0.6) is 0 Å². The summed E-state index contributed by atoms with van der Waals surface area (Å²) in [7, 11) is -4.16. The van der Waals surface area contributed by atoms with Gasteiger partial charge in [-0.2, -0.15) is 0 Å². The van der Waals surface area contributed by atoms with Gasteiger partial charge in [-0.1, -0.05) is 66.0 Å². The molecule has 2 amide bonds. The third-order valence-corrected chi connectivity index (χ3v) is 9.03. The molecule has 3 rings (SSSR count). The molecule has 208 valence electrons. The van der Waals surface area contributed by atoms with Crippen LogP contribution < -0.4 is 9.62 Å². The van der Waals surface area contributed by atoms with Crippen LogP contribution in [0, 0.1) is 0 Å². The topological polar surface area (TPSA) is 86.8 Å². The highest BCUT2D eigenvalue weighted by molar-refractivity contribution is 7.92. The second-order valence-electron chi connectivity index (χ2n) is 9.02. The van der Waals surface area contributed by atoms with Gasteiger partial charge in [0.25, 0.3) is 10.0 Å². The number of amides is 2. The minimum atomic E-state index is -4.16. The molecule has 7 nitrogen and oxygen atoms in total. The van der Waals surface area contributed by atoms with Crippen molar-refractivity contribution in [3.05, 3.63) is 93.4 Å². The Balaban J connectivity index is 2.05. The average Bonchev–Trinajstić information content (AvgIpc) is 2.92. The zero-order valence-electron chi connectivity index (χ0n) is 21.8. The molecule has 0 aliphatic heterocycles. The van der Waals surface area contributed by atoms with Crippen LogP contribution in [0.3, 0.4) is 0 Å². The van der Waals surface area contributed by atoms with Crippen LogP contribution in [0.1, 0.15) is 32.8 Å². The number of nitrogens with one attached hydrogen (secondary N) is 1. The van der Waals surface area contributed by atoms with Crippen LogP contribution in [-0.4, -0.2) is 43.8 Å². The highest BCUT2D eigenvalue weighted by Gasteiger charge is 2.33. The molecule has 3 aromatic carbocycles. The first kappa shape index (κ1) is 30.8. The number of rotatable bonds is 11. The van der Waals surface area contributed by atoms with Crippen LogP contribution in [0.4, 0.5) is 5.69 Å². The highest BCUT2D eigenvalue weighted by Crippen LogP contribution is 2.28. The Morgan fingerprint density at radius 2 is 1.46 bits per heavy atom. The molecule has 0 aromatic heterocycles. The van der Waals surface area contributed by atoms with E-state index in [4.69, 9.17) is 34.8 Å². The molecular weight excluding hydrogens is 581 g/mol. The fourth-order valence-electron chi connectivity index (χ4n) is 3.76. The van der Waals surface area contributed by atoms with Crippen molar-refractivity contribution in [2.24, 2.45) is 0 Å². The number of carbonyl (C=O) groups is 2. The first-order chi connectivity index (χ1) is 18.4. The maximum atomic E-state index is 13.9. The molecule has 0 radical (unpaired) electrons. The number of nitrogens with zero attached hydrogens (tertiary/aromatic N) is 2. The van der Waals surface area contributed by atoms with E-state index in [1.807, 2.05) is 13.8 Å². The van der Waals surface area contributed by atoms with E-state index in [0.717, 1.165) is 4.31 Å². The lowest BCUT2D eigenvalue weighted by molar-refractivity contribution is -0.139. The number of halogens is 3. The molecule has 3 aromatic rings. The molecule has 0 heterocycles. The number of carbonyl (C=O) groups excluding carboxylic acids is 2. The average molecular weight is 611 g/mol. The molecule has 0 aliphatic rings. The Bertz CT molecular complexity index is 1380. The molecule has 39 heavy (non-hydrogen) atoms. The molecule has 0 saturated heterocycles. The Hall–Kier alpha value is -2.78. The molecule has 2 atom stereocenters. The molecule has 0 bridgehead atoms. The van der Waals surface area contributed by atoms with Gasteiger partial charge in [0.1, 0.15) is 12.6 Å². The van der Waals surface area contributed by atoms with Gasteiger partial charge >= 0.3 is 0 Å². The van der Waals surface area contributed by atoms with Crippen LogP contribution in [0.25, 0.3) is 0 Å². The van der Waals surface area contributed by atoms with Crippen LogP contribution in [-0.2, 0) is 26.2 Å². The van der Waals surface area contributed by atoms with Crippen molar-refractivity contribution in [2.75, 3.05) is 10.8 Å². The van der Waals surface area contributed by atoms with Gasteiger partial charge < -0.3 is 10.2 Å². The minimum Gasteiger partial charge on any atom is -0.352 e. The van der Waals surface area contributed by atoms with Gasteiger partial charge in [-0.25, -0.2) is 8.42 Å². The van der Waals surface area contributed by atoms with Crippen molar-refractivity contribution in [3.8, 4) is 0 Å². The van der Waals surface area contributed by atoms with E-state index >= 15 is 0 Å². The SMILES string of the molecule is CCC(C)NC(=O)C(C)N(Cc1c(Cl)cccc1Cl)C(=O)CN(c1ccc(Cl)cc1)S(=O)(=O)c1ccccc1. The van der Waals surface area contributed by atoms with E-state index in [2.05, 4.69) is 5.32 Å². The van der Waals surface area contributed by atoms with E-state index in [1.165, 1.54) is 29.2 Å². The van der Waals surface area contributed by atoms with Crippen LogP contribution in [0.15, 0.2) is 77.7 Å². The highest BCUT2D eigenvalue weighted by atomic mass is 35.5. The predicted molar refractivity (Wildman–Crippen MR) is 157 cm³/mol. The zero-order valence-corrected chi connectivity index (χ0v) is 24.9. The summed E-state index contributed by atoms with van der Waals surface area (Å²) in [5.41, 5.74) is 0.686. The van der Waals surface area contributed by atoms with Crippen molar-refractivity contribution in [3.63, 3.8) is 0 Å². The van der Waals surface area contributed by atoms with Gasteiger partial charge in [-0.3, -0.25) is 13.9 Å². The van der Waals surface area contributed by atoms with E-state index in [1.54, 1.807) is 55.5 Å². The zero-order chi connectivity index (χ0) is 28.7. The summed E-state index contributed by atoms with van der Waals surface area (Å²) in [4.78, 5) is 28.3. The van der Waals surface area contributed by atoms with Crippen molar-refractivity contribution in [1.82, 2.24) is 10.2 Å². The Kier molecular flexibility index (Phi) is 10.7. The van der Waals surface area contributed by atoms with E-state index < -0.39 is 28.5 Å². The second-order valence-corrected chi connectivity index (χ2v) is 12.1. The molecule has 11 heteroatoms.